The van der Waals surface area contributed by atoms with Gasteiger partial charge in [-0.1, -0.05) is 31.0 Å². The largest absolute Gasteiger partial charge is 0.359 e. The van der Waals surface area contributed by atoms with E-state index < -0.39 is 0 Å². The van der Waals surface area contributed by atoms with Gasteiger partial charge in [0.2, 0.25) is 5.91 Å². The molecule has 0 saturated heterocycles. The number of hydrogen-bond acceptors (Lipinski definition) is 6. The van der Waals surface area contributed by atoms with Crippen molar-refractivity contribution in [1.29, 1.82) is 0 Å². The zero-order valence-corrected chi connectivity index (χ0v) is 20.5. The van der Waals surface area contributed by atoms with Gasteiger partial charge < -0.3 is 20.2 Å². The van der Waals surface area contributed by atoms with Gasteiger partial charge in [0, 0.05) is 20.5 Å². The lowest BCUT2D eigenvalue weighted by molar-refractivity contribution is -0.120. The number of hydrogen-bond donors (Lipinski definition) is 3. The summed E-state index contributed by atoms with van der Waals surface area (Å²) in [6.45, 7) is 0. The topological polar surface area (TPSA) is 122 Å². The molecule has 35 heavy (non-hydrogen) atoms. The Labute approximate surface area is 206 Å². The first-order valence-electron chi connectivity index (χ1n) is 11.5. The Balaban J connectivity index is 1.56. The number of unbranched alkanes of at least 4 members (excludes halogenated alkanes) is 2. The monoisotopic (exact) mass is 492 g/mol. The molecule has 0 unspecified atom stereocenters. The minimum Gasteiger partial charge on any atom is -0.359 e. The summed E-state index contributed by atoms with van der Waals surface area (Å²) in [7, 11) is 3.38. The van der Waals surface area contributed by atoms with E-state index in [2.05, 4.69) is 25.6 Å². The van der Waals surface area contributed by atoms with E-state index in [0.29, 0.717) is 34.8 Å². The highest BCUT2D eigenvalue weighted by molar-refractivity contribution is 7.11. The standard InChI is InChI=1S/C25H28N6O3S/c1-26-22(32)11-5-3-4-9-18(30-24(33)21-14-27-15-35-21)23-28-13-19(29-23)17-12-16-8-6-7-10-20(16)31(2)25(17)34/h6-8,10,12-15,18H,3-5,9,11H2,1-2H3,(H,26,32)(H,28,29)(H,30,33)/t18-/m0/s1. The summed E-state index contributed by atoms with van der Waals surface area (Å²) in [5, 5.41) is 6.62. The van der Waals surface area contributed by atoms with Crippen molar-refractivity contribution in [2.75, 3.05) is 7.05 Å². The average Bonchev–Trinajstić information content (AvgIpc) is 3.58. The lowest BCUT2D eigenvalue weighted by Crippen LogP contribution is -2.29. The first-order valence-corrected chi connectivity index (χ1v) is 12.4. The number of nitrogens with zero attached hydrogens (tertiary/aromatic N) is 3. The first kappa shape index (κ1) is 24.3. The van der Waals surface area contributed by atoms with Crippen molar-refractivity contribution in [2.24, 2.45) is 7.05 Å². The summed E-state index contributed by atoms with van der Waals surface area (Å²) in [6.07, 6.45) is 6.71. The quantitative estimate of drug-likeness (QED) is 0.292. The predicted molar refractivity (Wildman–Crippen MR) is 136 cm³/mol. The van der Waals surface area contributed by atoms with Gasteiger partial charge in [-0.05, 0) is 30.4 Å². The minimum absolute atomic E-state index is 0.0210. The van der Waals surface area contributed by atoms with E-state index in [1.165, 1.54) is 17.5 Å². The number of carbonyl (C=O) groups is 2. The molecule has 1 atom stereocenters. The maximum atomic E-state index is 13.0. The number of thiazole rings is 1. The number of aromatic nitrogens is 4. The predicted octanol–water partition coefficient (Wildman–Crippen LogP) is 3.55. The molecular weight excluding hydrogens is 464 g/mol. The van der Waals surface area contributed by atoms with E-state index in [4.69, 9.17) is 0 Å². The fourth-order valence-electron chi connectivity index (χ4n) is 4.04. The van der Waals surface area contributed by atoms with E-state index >= 15 is 0 Å². The molecule has 3 heterocycles. The van der Waals surface area contributed by atoms with Crippen molar-refractivity contribution in [2.45, 2.75) is 38.1 Å². The highest BCUT2D eigenvalue weighted by Crippen LogP contribution is 2.24. The number of carbonyl (C=O) groups excluding carboxylic acids is 2. The van der Waals surface area contributed by atoms with E-state index in [-0.39, 0.29) is 23.4 Å². The molecule has 0 aliphatic heterocycles. The highest BCUT2D eigenvalue weighted by atomic mass is 32.1. The van der Waals surface area contributed by atoms with E-state index in [9.17, 15) is 14.4 Å². The average molecular weight is 493 g/mol. The summed E-state index contributed by atoms with van der Waals surface area (Å²) in [4.78, 5) is 49.5. The zero-order valence-electron chi connectivity index (χ0n) is 19.7. The van der Waals surface area contributed by atoms with Crippen LogP contribution in [-0.4, -0.2) is 38.4 Å². The second kappa shape index (κ2) is 11.1. The number of H-pyrrole nitrogens is 1. The van der Waals surface area contributed by atoms with Crippen LogP contribution in [0.4, 0.5) is 0 Å². The van der Waals surface area contributed by atoms with Crippen LogP contribution in [0.5, 0.6) is 0 Å². The van der Waals surface area contributed by atoms with E-state index in [1.807, 2.05) is 30.3 Å². The molecule has 0 bridgehead atoms. The van der Waals surface area contributed by atoms with Crippen LogP contribution in [0.3, 0.4) is 0 Å². The molecule has 4 rings (SSSR count). The summed E-state index contributed by atoms with van der Waals surface area (Å²) in [5.74, 6) is 0.384. The summed E-state index contributed by atoms with van der Waals surface area (Å²) in [6, 6.07) is 9.20. The van der Waals surface area contributed by atoms with Crippen LogP contribution < -0.4 is 16.2 Å². The van der Waals surface area contributed by atoms with Crippen LogP contribution in [0.2, 0.25) is 0 Å². The number of para-hydroxylation sites is 1. The Bertz CT molecular complexity index is 1380. The Kier molecular flexibility index (Phi) is 7.71. The first-order chi connectivity index (χ1) is 17.0. The molecule has 10 heteroatoms. The van der Waals surface area contributed by atoms with Gasteiger partial charge in [-0.15, -0.1) is 11.3 Å². The fourth-order valence-corrected chi connectivity index (χ4v) is 4.56. The molecule has 4 aromatic rings. The second-order valence-electron chi connectivity index (χ2n) is 8.33. The summed E-state index contributed by atoms with van der Waals surface area (Å²) in [5.41, 5.74) is 3.46. The molecule has 0 radical (unpaired) electrons. The molecule has 0 fully saturated rings. The number of nitrogens with one attached hydrogen (secondary N) is 3. The molecule has 9 nitrogen and oxygen atoms in total. The number of benzene rings is 1. The summed E-state index contributed by atoms with van der Waals surface area (Å²) >= 11 is 1.27. The van der Waals surface area contributed by atoms with Gasteiger partial charge in [-0.2, -0.15) is 0 Å². The minimum atomic E-state index is -0.373. The van der Waals surface area contributed by atoms with E-state index in [0.717, 1.165) is 30.2 Å². The number of aromatic amines is 1. The van der Waals surface area contributed by atoms with Gasteiger partial charge in [-0.25, -0.2) is 4.98 Å². The molecule has 0 spiro atoms. The Morgan fingerprint density at radius 1 is 1.17 bits per heavy atom. The third kappa shape index (κ3) is 5.65. The Hall–Kier alpha value is -3.79. The molecule has 182 valence electrons. The fraction of sp³-hybridized carbons (Fsp3) is 0.320. The van der Waals surface area contributed by atoms with Gasteiger partial charge >= 0.3 is 0 Å². The third-order valence-electron chi connectivity index (χ3n) is 5.99. The molecular formula is C25H28N6O3S. The van der Waals surface area contributed by atoms with Crippen molar-refractivity contribution in [3.63, 3.8) is 0 Å². The molecule has 0 aliphatic carbocycles. The Morgan fingerprint density at radius 2 is 2.00 bits per heavy atom. The SMILES string of the molecule is CNC(=O)CCCCC[C@H](NC(=O)c1cncs1)c1ncc(-c2cc3ccccc3n(C)c2=O)[nH]1. The lowest BCUT2D eigenvalue weighted by Gasteiger charge is -2.16. The lowest BCUT2D eigenvalue weighted by atomic mass is 10.1. The zero-order chi connectivity index (χ0) is 24.8. The summed E-state index contributed by atoms with van der Waals surface area (Å²) < 4.78 is 1.63. The van der Waals surface area contributed by atoms with Crippen molar-refractivity contribution in [3.05, 3.63) is 69.3 Å². The maximum absolute atomic E-state index is 13.0. The molecule has 3 aromatic heterocycles. The van der Waals surface area contributed by atoms with E-state index in [1.54, 1.807) is 30.4 Å². The number of imidazole rings is 1. The molecule has 0 saturated carbocycles. The Morgan fingerprint density at radius 3 is 2.77 bits per heavy atom. The second-order valence-corrected chi connectivity index (χ2v) is 9.21. The van der Waals surface area contributed by atoms with Gasteiger partial charge in [-0.3, -0.25) is 19.4 Å². The smallest absolute Gasteiger partial charge is 0.263 e. The van der Waals surface area contributed by atoms with Gasteiger partial charge in [0.05, 0.1) is 40.7 Å². The number of rotatable bonds is 10. The van der Waals surface area contributed by atoms with Crippen molar-refractivity contribution in [3.8, 4) is 11.3 Å². The van der Waals surface area contributed by atoms with Crippen molar-refractivity contribution < 1.29 is 9.59 Å². The number of aryl methyl sites for hydroxylation is 1. The normalized spacial score (nSPS) is 11.9. The molecule has 3 N–H and O–H groups in total. The van der Waals surface area contributed by atoms with Gasteiger partial charge in [0.1, 0.15) is 10.7 Å². The molecule has 0 aliphatic rings. The molecule has 2 amide bonds. The van der Waals surface area contributed by atoms with Gasteiger partial charge in [0.15, 0.2) is 0 Å². The van der Waals surface area contributed by atoms with Crippen LogP contribution in [0.25, 0.3) is 22.2 Å². The van der Waals surface area contributed by atoms with Gasteiger partial charge in [0.25, 0.3) is 11.5 Å². The van der Waals surface area contributed by atoms with Crippen LogP contribution >= 0.6 is 11.3 Å². The number of pyridine rings is 1. The van der Waals surface area contributed by atoms with Crippen LogP contribution in [0, 0.1) is 0 Å². The van der Waals surface area contributed by atoms with Crippen LogP contribution in [0.15, 0.2) is 53.0 Å². The van der Waals surface area contributed by atoms with Crippen molar-refractivity contribution in [1.82, 2.24) is 30.2 Å². The number of fused-ring (bicyclic) bond motifs is 1. The van der Waals surface area contributed by atoms with Crippen LogP contribution in [0.1, 0.15) is 53.6 Å². The van der Waals surface area contributed by atoms with Crippen molar-refractivity contribution >= 4 is 34.1 Å². The highest BCUT2D eigenvalue weighted by Gasteiger charge is 2.21. The molecule has 1 aromatic carbocycles. The van der Waals surface area contributed by atoms with Crippen LogP contribution in [-0.2, 0) is 11.8 Å². The number of amides is 2. The third-order valence-corrected chi connectivity index (χ3v) is 6.76. The maximum Gasteiger partial charge on any atom is 0.263 e.